The number of carbonyl (C=O) groups is 10. The Bertz CT molecular complexity index is 2480. The summed E-state index contributed by atoms with van der Waals surface area (Å²) in [5, 5.41) is 32.6. The van der Waals surface area contributed by atoms with Crippen molar-refractivity contribution in [3.8, 4) is 6.07 Å². The second-order valence-corrected chi connectivity index (χ2v) is 18.8. The number of nitrogens with one attached hydrogen (secondary N) is 5. The van der Waals surface area contributed by atoms with E-state index in [4.69, 9.17) is 20.5 Å². The molecule has 1 aliphatic carbocycles. The van der Waals surface area contributed by atoms with E-state index < -0.39 is 83.6 Å². The Labute approximate surface area is 427 Å². The Morgan fingerprint density at radius 3 is 2.09 bits per heavy atom. The fourth-order valence-corrected chi connectivity index (χ4v) is 9.03. The smallest absolute Gasteiger partial charge is 0.465 e. The summed E-state index contributed by atoms with van der Waals surface area (Å²) in [7, 11) is 1.90. The summed E-state index contributed by atoms with van der Waals surface area (Å²) in [5.41, 5.74) is 5.33. The van der Waals surface area contributed by atoms with Gasteiger partial charge in [-0.3, -0.25) is 43.4 Å². The summed E-state index contributed by atoms with van der Waals surface area (Å²) in [6.07, 6.45) is -0.106. The number of unbranched alkanes of at least 4 members (excludes halogenated alkanes) is 2. The van der Waals surface area contributed by atoms with Crippen molar-refractivity contribution >= 4 is 65.3 Å². The number of benzene rings is 2. The van der Waals surface area contributed by atoms with Crippen LogP contribution in [0.15, 0.2) is 60.7 Å². The molecule has 5 unspecified atom stereocenters. The van der Waals surface area contributed by atoms with Crippen LogP contribution in [-0.2, 0) is 43.0 Å². The number of hydrogen-bond donors (Lipinski definition) is 7. The van der Waals surface area contributed by atoms with E-state index in [2.05, 4.69) is 26.6 Å². The molecule has 4 aliphatic rings. The molecular formula is C50H63N11O13. The lowest BCUT2D eigenvalue weighted by molar-refractivity contribution is -0.151. The van der Waals surface area contributed by atoms with Crippen LogP contribution < -0.4 is 32.3 Å². The maximum absolute atomic E-state index is 14.1. The maximum atomic E-state index is 14.1. The van der Waals surface area contributed by atoms with E-state index in [9.17, 15) is 53.1 Å². The molecule has 2 aromatic rings. The van der Waals surface area contributed by atoms with E-state index in [-0.39, 0.29) is 81.3 Å². The van der Waals surface area contributed by atoms with Gasteiger partial charge in [-0.1, -0.05) is 30.7 Å². The number of carboxylic acid groups (broad SMARTS) is 1. The molecule has 5 atom stereocenters. The summed E-state index contributed by atoms with van der Waals surface area (Å²) in [5.74, 6) is -3.72. The highest BCUT2D eigenvalue weighted by molar-refractivity contribution is 6.13. The molecule has 3 fully saturated rings. The van der Waals surface area contributed by atoms with Crippen molar-refractivity contribution in [1.29, 1.82) is 5.26 Å². The van der Waals surface area contributed by atoms with Gasteiger partial charge in [-0.2, -0.15) is 5.26 Å². The fourth-order valence-electron chi connectivity index (χ4n) is 9.03. The highest BCUT2D eigenvalue weighted by atomic mass is 16.7. The Morgan fingerprint density at radius 2 is 1.49 bits per heavy atom. The minimum Gasteiger partial charge on any atom is -0.465 e. The Hall–Kier alpha value is -8.07. The lowest BCUT2D eigenvalue weighted by atomic mass is 9.67. The minimum atomic E-state index is -1.54. The van der Waals surface area contributed by atoms with Crippen LogP contribution in [-0.4, -0.2) is 162 Å². The molecule has 74 heavy (non-hydrogen) atoms. The molecule has 2 aromatic carbocycles. The van der Waals surface area contributed by atoms with E-state index in [0.29, 0.717) is 63.0 Å². The number of amides is 10. The number of anilines is 1. The number of rotatable bonds is 22. The van der Waals surface area contributed by atoms with Crippen molar-refractivity contribution in [2.75, 3.05) is 64.7 Å². The number of primary amides is 1. The van der Waals surface area contributed by atoms with Crippen LogP contribution in [0.4, 0.5) is 20.1 Å². The van der Waals surface area contributed by atoms with Gasteiger partial charge in [0.1, 0.15) is 23.6 Å². The van der Waals surface area contributed by atoms with Gasteiger partial charge in [0.05, 0.1) is 24.2 Å². The summed E-state index contributed by atoms with van der Waals surface area (Å²) in [6, 6.07) is 10.6. The zero-order chi connectivity index (χ0) is 53.5. The molecule has 24 heteroatoms. The van der Waals surface area contributed by atoms with Gasteiger partial charge in [0.25, 0.3) is 17.7 Å². The van der Waals surface area contributed by atoms with Crippen molar-refractivity contribution in [3.05, 3.63) is 77.4 Å². The summed E-state index contributed by atoms with van der Waals surface area (Å²) >= 11 is 0. The van der Waals surface area contributed by atoms with Crippen molar-refractivity contribution < 1.29 is 62.5 Å². The van der Waals surface area contributed by atoms with Gasteiger partial charge in [0.15, 0.2) is 0 Å². The molecule has 0 aromatic heterocycles. The van der Waals surface area contributed by atoms with Crippen LogP contribution in [0.1, 0.15) is 93.5 Å². The van der Waals surface area contributed by atoms with E-state index >= 15 is 0 Å². The third-order valence-electron chi connectivity index (χ3n) is 13.6. The number of nitriles is 1. The second kappa shape index (κ2) is 25.5. The van der Waals surface area contributed by atoms with E-state index in [1.165, 1.54) is 41.3 Å². The van der Waals surface area contributed by atoms with Gasteiger partial charge in [0.2, 0.25) is 29.7 Å². The number of hydrogen-bond acceptors (Lipinski definition) is 14. The predicted octanol–water partition coefficient (Wildman–Crippen LogP) is 1.78. The number of nitrogens with zero attached hydrogens (tertiary/aromatic N) is 5. The van der Waals surface area contributed by atoms with E-state index in [0.717, 1.165) is 9.80 Å². The highest BCUT2D eigenvalue weighted by Gasteiger charge is 2.51. The standard InChI is InChI=1S/C50H63N11O13/c1-31(33-11-9-32(29-51)10-12-33)55-43(65)38-28-36(30-61(38)48(70)71)73-49(72)74-41(44(66)59-26-24-58(2)25-27-59)34-13-15-35(16-14-34)56-42(64)37(8-6-22-54-47(52)69)57-46(68)50(19-7-20-50)45(67)53-21-4-3-5-23-60-39(62)17-18-40(60)63/h9-18,31,36-38,41H,3-8,19-28,30H2,1-2H3,(H,53,67)(H,55,65)(H,56,64)(H,57,68)(H,70,71)(H3,52,54,69). The summed E-state index contributed by atoms with van der Waals surface area (Å²) in [6.45, 7) is 3.67. The lowest BCUT2D eigenvalue weighted by Gasteiger charge is -2.39. The molecule has 0 radical (unpaired) electrons. The quantitative estimate of drug-likeness (QED) is 0.0383. The van der Waals surface area contributed by atoms with Crippen LogP contribution in [0.3, 0.4) is 0 Å². The van der Waals surface area contributed by atoms with Crippen LogP contribution in [0.5, 0.6) is 0 Å². The first-order valence-electron chi connectivity index (χ1n) is 24.6. The monoisotopic (exact) mass is 1030 g/mol. The average molecular weight is 1030 g/mol. The van der Waals surface area contributed by atoms with Gasteiger partial charge in [-0.05, 0) is 88.7 Å². The molecule has 2 saturated heterocycles. The summed E-state index contributed by atoms with van der Waals surface area (Å²) in [4.78, 5) is 135. The first-order valence-corrected chi connectivity index (χ1v) is 24.6. The van der Waals surface area contributed by atoms with Gasteiger partial charge in [-0.15, -0.1) is 0 Å². The lowest BCUT2D eigenvalue weighted by Crippen LogP contribution is -2.58. The van der Waals surface area contributed by atoms with Crippen LogP contribution in [0, 0.1) is 16.7 Å². The fraction of sp³-hybridized carbons (Fsp3) is 0.500. The zero-order valence-electron chi connectivity index (χ0n) is 41.3. The first-order chi connectivity index (χ1) is 35.4. The Morgan fingerprint density at radius 1 is 0.838 bits per heavy atom. The van der Waals surface area contributed by atoms with Gasteiger partial charge >= 0.3 is 18.3 Å². The summed E-state index contributed by atoms with van der Waals surface area (Å²) < 4.78 is 11.3. The van der Waals surface area contributed by atoms with Crippen LogP contribution in [0.2, 0.25) is 0 Å². The molecular weight excluding hydrogens is 963 g/mol. The first kappa shape index (κ1) is 55.2. The second-order valence-electron chi connectivity index (χ2n) is 18.8. The van der Waals surface area contributed by atoms with Crippen molar-refractivity contribution in [2.45, 2.75) is 95.0 Å². The average Bonchev–Trinajstić information content (AvgIpc) is 3.93. The number of ether oxygens (including phenoxy) is 2. The van der Waals surface area contributed by atoms with E-state index in [1.807, 2.05) is 18.0 Å². The van der Waals surface area contributed by atoms with Crippen molar-refractivity contribution in [1.82, 2.24) is 40.9 Å². The Balaban J connectivity index is 1.08. The van der Waals surface area contributed by atoms with Gasteiger partial charge in [0, 0.05) is 75.6 Å². The molecule has 8 N–H and O–H groups in total. The number of imide groups is 1. The van der Waals surface area contributed by atoms with Crippen molar-refractivity contribution in [2.24, 2.45) is 11.1 Å². The number of urea groups is 1. The molecule has 1 saturated carbocycles. The normalized spacial score (nSPS) is 19.2. The maximum Gasteiger partial charge on any atom is 0.509 e. The molecule has 3 aliphatic heterocycles. The van der Waals surface area contributed by atoms with Crippen LogP contribution in [0.25, 0.3) is 0 Å². The third-order valence-corrected chi connectivity index (χ3v) is 13.6. The minimum absolute atomic E-state index is 0.0388. The van der Waals surface area contributed by atoms with Crippen molar-refractivity contribution in [3.63, 3.8) is 0 Å². The third kappa shape index (κ3) is 14.3. The molecule has 396 valence electrons. The number of likely N-dealkylation sites (N-methyl/N-ethyl adjacent to an activating group) is 1. The Kier molecular flexibility index (Phi) is 19.1. The molecule has 3 heterocycles. The molecule has 0 spiro atoms. The van der Waals surface area contributed by atoms with E-state index in [1.54, 1.807) is 31.2 Å². The molecule has 10 amide bonds. The number of carbonyl (C=O) groups excluding carboxylic acids is 9. The molecule has 0 bridgehead atoms. The predicted molar refractivity (Wildman–Crippen MR) is 262 cm³/mol. The number of likely N-dealkylation sites (tertiary alicyclic amines) is 1. The highest BCUT2D eigenvalue weighted by Crippen LogP contribution is 2.42. The van der Waals surface area contributed by atoms with Gasteiger partial charge in [-0.25, -0.2) is 14.4 Å². The SMILES string of the molecule is CC(NC(=O)C1CC(OC(=O)OC(C(=O)N2CCN(C)CC2)c2ccc(NC(=O)C(CCCNC(N)=O)NC(=O)C3(C(=O)NCCCCCN4C(=O)C=CC4=O)CCC3)cc2)CN1C(=O)O)c1ccc(C#N)cc1. The number of piperazine rings is 1. The molecule has 24 nitrogen and oxygen atoms in total. The number of nitrogens with two attached hydrogens (primary N) is 1. The molecule has 6 rings (SSSR count). The largest absolute Gasteiger partial charge is 0.509 e. The van der Waals surface area contributed by atoms with Crippen LogP contribution >= 0.6 is 0 Å². The zero-order valence-corrected chi connectivity index (χ0v) is 41.3. The topological polar surface area (TPSA) is 332 Å². The van der Waals surface area contributed by atoms with Gasteiger partial charge < -0.3 is 56.7 Å².